The maximum absolute atomic E-state index is 10.7. The van der Waals surface area contributed by atoms with Crippen LogP contribution in [0.15, 0.2) is 18.2 Å². The molecule has 1 N–H and O–H groups in total. The van der Waals surface area contributed by atoms with Gasteiger partial charge >= 0.3 is 5.97 Å². The molecule has 0 saturated heterocycles. The number of hydrogen-bond donors (Lipinski definition) is 1. The van der Waals surface area contributed by atoms with Crippen LogP contribution in [0.5, 0.6) is 5.75 Å². The van der Waals surface area contributed by atoms with E-state index in [1.165, 1.54) is 26.4 Å². The normalized spacial score (nSPS) is 9.33. The average Bonchev–Trinajstić information content (AvgIpc) is 2.36. The molecule has 0 atom stereocenters. The summed E-state index contributed by atoms with van der Waals surface area (Å²) in [6.45, 7) is 3.92. The minimum atomic E-state index is -0.954. The molecule has 0 aliphatic heterocycles. The molecule has 0 aliphatic carbocycles. The molecule has 1 aromatic carbocycles. The highest BCUT2D eigenvalue weighted by Gasteiger charge is 2.12. The van der Waals surface area contributed by atoms with Gasteiger partial charge in [-0.2, -0.15) is 0 Å². The third-order valence-corrected chi connectivity index (χ3v) is 2.67. The first-order valence-corrected chi connectivity index (χ1v) is 6.54. The number of carboxylic acid groups (broad SMARTS) is 1. The largest absolute Gasteiger partial charge is 0.496 e. The first kappa shape index (κ1) is 16.8. The average molecular weight is 273 g/mol. The number of rotatable bonds is 5. The molecule has 0 amide bonds. The Morgan fingerprint density at radius 1 is 1.39 bits per heavy atom. The maximum Gasteiger partial charge on any atom is 0.339 e. The minimum Gasteiger partial charge on any atom is -0.496 e. The maximum atomic E-state index is 10.7. The third kappa shape index (κ3) is 5.92. The molecule has 0 saturated carbocycles. The van der Waals surface area contributed by atoms with Crippen molar-refractivity contribution >= 4 is 17.6 Å². The van der Waals surface area contributed by atoms with Gasteiger partial charge in [0.05, 0.1) is 7.11 Å². The van der Waals surface area contributed by atoms with Gasteiger partial charge in [0.2, 0.25) is 0 Å². The molecule has 0 radical (unpaired) electrons. The van der Waals surface area contributed by atoms with Crippen molar-refractivity contribution < 1.29 is 14.6 Å². The predicted octanol–water partition coefficient (Wildman–Crippen LogP) is 4.12. The van der Waals surface area contributed by atoms with E-state index in [1.54, 1.807) is 25.1 Å². The number of unbranched alkanes of at least 4 members (excludes halogenated alkanes) is 2. The molecule has 0 aliphatic rings. The molecule has 0 fully saturated rings. The van der Waals surface area contributed by atoms with E-state index in [9.17, 15) is 4.79 Å². The van der Waals surface area contributed by atoms with Crippen molar-refractivity contribution in [2.75, 3.05) is 13.0 Å². The summed E-state index contributed by atoms with van der Waals surface area (Å²) in [5.41, 5.74) is 0.946. The second kappa shape index (κ2) is 9.77. The van der Waals surface area contributed by atoms with Crippen LogP contribution < -0.4 is 4.74 Å². The zero-order valence-corrected chi connectivity index (χ0v) is 12.0. The minimum absolute atomic E-state index is 0.236. The fourth-order valence-electron chi connectivity index (χ4n) is 1.43. The van der Waals surface area contributed by atoms with E-state index in [-0.39, 0.29) is 5.56 Å². The fraction of sp³-hybridized carbons (Fsp3) is 0.500. The highest BCUT2D eigenvalue weighted by atomic mass is 35.5. The number of carbonyl (C=O) groups is 1. The van der Waals surface area contributed by atoms with Crippen molar-refractivity contribution in [2.45, 2.75) is 33.1 Å². The van der Waals surface area contributed by atoms with Crippen molar-refractivity contribution in [2.24, 2.45) is 0 Å². The lowest BCUT2D eigenvalue weighted by Crippen LogP contribution is -2.02. The van der Waals surface area contributed by atoms with E-state index in [0.29, 0.717) is 11.3 Å². The predicted molar refractivity (Wildman–Crippen MR) is 74.9 cm³/mol. The lowest BCUT2D eigenvalue weighted by atomic mass is 10.1. The number of carboxylic acids is 1. The molecule has 3 nitrogen and oxygen atoms in total. The highest BCUT2D eigenvalue weighted by Crippen LogP contribution is 2.20. The summed E-state index contributed by atoms with van der Waals surface area (Å²) in [4.78, 5) is 10.7. The van der Waals surface area contributed by atoms with Crippen molar-refractivity contribution in [3.8, 4) is 5.75 Å². The van der Waals surface area contributed by atoms with Gasteiger partial charge in [-0.05, 0) is 25.0 Å². The quantitative estimate of drug-likeness (QED) is 0.648. The van der Waals surface area contributed by atoms with E-state index in [0.717, 1.165) is 5.88 Å². The zero-order valence-electron chi connectivity index (χ0n) is 11.2. The molecule has 0 heterocycles. The number of benzene rings is 1. The Labute approximate surface area is 114 Å². The second-order valence-corrected chi connectivity index (χ2v) is 4.23. The molecular weight excluding hydrogens is 252 g/mol. The van der Waals surface area contributed by atoms with Crippen molar-refractivity contribution in [1.82, 2.24) is 0 Å². The Balaban J connectivity index is 0.000000411. The number of hydrogen-bond acceptors (Lipinski definition) is 2. The monoisotopic (exact) mass is 272 g/mol. The van der Waals surface area contributed by atoms with Crippen LogP contribution >= 0.6 is 11.6 Å². The lowest BCUT2D eigenvalue weighted by molar-refractivity contribution is 0.0692. The molecule has 0 spiro atoms. The topological polar surface area (TPSA) is 46.5 Å². The first-order valence-electron chi connectivity index (χ1n) is 6.01. The fourth-order valence-corrected chi connectivity index (χ4v) is 1.62. The summed E-state index contributed by atoms with van der Waals surface area (Å²) in [5.74, 6) is 0.279. The van der Waals surface area contributed by atoms with Gasteiger partial charge in [0.25, 0.3) is 0 Å². The summed E-state index contributed by atoms with van der Waals surface area (Å²) in [5, 5.41) is 8.80. The number of halogens is 1. The molecule has 102 valence electrons. The molecule has 0 unspecified atom stereocenters. The number of aryl methyl sites for hydroxylation is 1. The molecule has 1 rings (SSSR count). The summed E-state index contributed by atoms with van der Waals surface area (Å²) >= 11 is 5.38. The lowest BCUT2D eigenvalue weighted by Gasteiger charge is -2.06. The van der Waals surface area contributed by atoms with Gasteiger partial charge in [0, 0.05) is 5.88 Å². The SMILES string of the molecule is CCCCCCl.COc1cccc(C)c1C(=O)O. The zero-order chi connectivity index (χ0) is 14.0. The Morgan fingerprint density at radius 3 is 2.39 bits per heavy atom. The summed E-state index contributed by atoms with van der Waals surface area (Å²) in [7, 11) is 1.46. The van der Waals surface area contributed by atoms with E-state index < -0.39 is 5.97 Å². The molecule has 0 aromatic heterocycles. The van der Waals surface area contributed by atoms with Crippen LogP contribution in [0.1, 0.15) is 42.1 Å². The smallest absolute Gasteiger partial charge is 0.339 e. The Bertz CT molecular complexity index is 360. The standard InChI is InChI=1S/C9H10O3.C5H11Cl/c1-6-4-3-5-7(12-2)8(6)9(10)11;1-2-3-4-5-6/h3-5H,1-2H3,(H,10,11);2-5H2,1H3. The van der Waals surface area contributed by atoms with Crippen LogP contribution in [0.25, 0.3) is 0 Å². The number of methoxy groups -OCH3 is 1. The van der Waals surface area contributed by atoms with Crippen molar-refractivity contribution in [1.29, 1.82) is 0 Å². The Hall–Kier alpha value is -1.22. The van der Waals surface area contributed by atoms with Crippen molar-refractivity contribution in [3.05, 3.63) is 29.3 Å². The van der Waals surface area contributed by atoms with Crippen LogP contribution in [0.4, 0.5) is 0 Å². The van der Waals surface area contributed by atoms with Crippen LogP contribution in [0, 0.1) is 6.92 Å². The van der Waals surface area contributed by atoms with E-state index in [1.807, 2.05) is 0 Å². The van der Waals surface area contributed by atoms with Crippen LogP contribution in [0.3, 0.4) is 0 Å². The molecular formula is C14H21ClO3. The van der Waals surface area contributed by atoms with Gasteiger partial charge in [-0.25, -0.2) is 4.79 Å². The first-order chi connectivity index (χ1) is 8.58. The van der Waals surface area contributed by atoms with Crippen LogP contribution in [0.2, 0.25) is 0 Å². The summed E-state index contributed by atoms with van der Waals surface area (Å²) in [6.07, 6.45) is 3.73. The molecule has 0 bridgehead atoms. The third-order valence-electron chi connectivity index (χ3n) is 2.41. The molecule has 18 heavy (non-hydrogen) atoms. The highest BCUT2D eigenvalue weighted by molar-refractivity contribution is 6.17. The van der Waals surface area contributed by atoms with Gasteiger partial charge in [-0.15, -0.1) is 11.6 Å². The van der Waals surface area contributed by atoms with E-state index in [2.05, 4.69) is 6.92 Å². The summed E-state index contributed by atoms with van der Waals surface area (Å²) < 4.78 is 4.91. The van der Waals surface area contributed by atoms with E-state index in [4.69, 9.17) is 21.4 Å². The Kier molecular flexibility index (Phi) is 9.11. The van der Waals surface area contributed by atoms with Gasteiger partial charge < -0.3 is 9.84 Å². The molecule has 4 heteroatoms. The number of ether oxygens (including phenoxy) is 1. The summed E-state index contributed by atoms with van der Waals surface area (Å²) in [6, 6.07) is 5.14. The number of aromatic carboxylic acids is 1. The van der Waals surface area contributed by atoms with Gasteiger partial charge in [-0.3, -0.25) is 0 Å². The van der Waals surface area contributed by atoms with Crippen LogP contribution in [-0.2, 0) is 0 Å². The second-order valence-electron chi connectivity index (χ2n) is 3.85. The van der Waals surface area contributed by atoms with Gasteiger partial charge in [-0.1, -0.05) is 31.9 Å². The van der Waals surface area contributed by atoms with Gasteiger partial charge in [0.1, 0.15) is 11.3 Å². The van der Waals surface area contributed by atoms with Gasteiger partial charge in [0.15, 0.2) is 0 Å². The van der Waals surface area contributed by atoms with E-state index >= 15 is 0 Å². The Morgan fingerprint density at radius 2 is 2.06 bits per heavy atom. The number of alkyl halides is 1. The molecule has 1 aromatic rings. The van der Waals surface area contributed by atoms with Crippen molar-refractivity contribution in [3.63, 3.8) is 0 Å². The van der Waals surface area contributed by atoms with Crippen LogP contribution in [-0.4, -0.2) is 24.1 Å².